The predicted octanol–water partition coefficient (Wildman–Crippen LogP) is 1.98. The molecule has 0 saturated heterocycles. The van der Waals surface area contributed by atoms with Crippen molar-refractivity contribution in [3.8, 4) is 0 Å². The highest BCUT2D eigenvalue weighted by Gasteiger charge is 2.44. The topological polar surface area (TPSA) is 12.0 Å². The van der Waals surface area contributed by atoms with Crippen molar-refractivity contribution in [3.63, 3.8) is 0 Å². The van der Waals surface area contributed by atoms with Crippen LogP contribution in [0.2, 0.25) is 0 Å². The smallest absolute Gasteiger partial charge is 0.102 e. The minimum atomic E-state index is -0.242. The van der Waals surface area contributed by atoms with Crippen LogP contribution >= 0.6 is 0 Å². The first kappa shape index (κ1) is 8.98. The lowest BCUT2D eigenvalue weighted by Crippen LogP contribution is -2.28. The van der Waals surface area contributed by atoms with Crippen LogP contribution in [0.4, 0.5) is 4.39 Å². The Morgan fingerprint density at radius 1 is 1.45 bits per heavy atom. The van der Waals surface area contributed by atoms with Gasteiger partial charge in [0.25, 0.3) is 0 Å². The van der Waals surface area contributed by atoms with Gasteiger partial charge in [-0.05, 0) is 24.2 Å². The van der Waals surface area contributed by atoms with E-state index in [1.807, 2.05) is 0 Å². The molecule has 0 aromatic heterocycles. The molecule has 1 aliphatic carbocycles. The molecule has 0 bridgehead atoms. The number of nitrogens with one attached hydrogen (secondary N) is 1. The lowest BCUT2D eigenvalue weighted by molar-refractivity contribution is 0.330. The Bertz CT molecular complexity index is 119. The molecule has 2 heteroatoms. The second kappa shape index (κ2) is 3.53. The fourth-order valence-corrected chi connectivity index (χ4v) is 1.52. The lowest BCUT2D eigenvalue weighted by Gasteiger charge is -2.19. The van der Waals surface area contributed by atoms with E-state index in [4.69, 9.17) is 0 Å². The third kappa shape index (κ3) is 2.16. The van der Waals surface area contributed by atoms with Crippen molar-refractivity contribution < 1.29 is 4.39 Å². The molecule has 0 aromatic carbocycles. The van der Waals surface area contributed by atoms with E-state index in [2.05, 4.69) is 19.2 Å². The Labute approximate surface area is 68.4 Å². The minimum Gasteiger partial charge on any atom is -0.314 e. The van der Waals surface area contributed by atoms with Crippen LogP contribution in [0, 0.1) is 11.3 Å². The highest BCUT2D eigenvalue weighted by Crippen LogP contribution is 2.51. The van der Waals surface area contributed by atoms with E-state index in [0.717, 1.165) is 12.5 Å². The SMILES string of the molecule is CC(C)C1(CNCCF)CC1. The Balaban J connectivity index is 2.14. The highest BCUT2D eigenvalue weighted by molar-refractivity contribution is 4.96. The summed E-state index contributed by atoms with van der Waals surface area (Å²) in [7, 11) is 0. The van der Waals surface area contributed by atoms with Gasteiger partial charge in [0.05, 0.1) is 0 Å². The number of hydrogen-bond donors (Lipinski definition) is 1. The average molecular weight is 159 g/mol. The van der Waals surface area contributed by atoms with Crippen LogP contribution in [0.25, 0.3) is 0 Å². The molecule has 1 fully saturated rings. The number of alkyl halides is 1. The van der Waals surface area contributed by atoms with Gasteiger partial charge in [0.15, 0.2) is 0 Å². The van der Waals surface area contributed by atoms with Crippen molar-refractivity contribution in [1.29, 1.82) is 0 Å². The second-order valence-electron chi connectivity index (χ2n) is 3.88. The zero-order valence-corrected chi connectivity index (χ0v) is 7.49. The molecule has 0 atom stereocenters. The molecule has 1 N–H and O–H groups in total. The first-order chi connectivity index (χ1) is 5.21. The molecule has 1 saturated carbocycles. The molecule has 0 radical (unpaired) electrons. The van der Waals surface area contributed by atoms with Crippen molar-refractivity contribution in [2.45, 2.75) is 26.7 Å². The largest absolute Gasteiger partial charge is 0.314 e. The van der Waals surface area contributed by atoms with Gasteiger partial charge in [-0.15, -0.1) is 0 Å². The van der Waals surface area contributed by atoms with Gasteiger partial charge in [0.2, 0.25) is 0 Å². The van der Waals surface area contributed by atoms with E-state index in [0.29, 0.717) is 12.0 Å². The molecular weight excluding hydrogens is 141 g/mol. The van der Waals surface area contributed by atoms with E-state index in [-0.39, 0.29) is 6.67 Å². The molecule has 0 heterocycles. The monoisotopic (exact) mass is 159 g/mol. The maximum Gasteiger partial charge on any atom is 0.102 e. The normalized spacial score (nSPS) is 20.7. The van der Waals surface area contributed by atoms with Gasteiger partial charge in [-0.3, -0.25) is 0 Å². The van der Waals surface area contributed by atoms with Crippen LogP contribution < -0.4 is 5.32 Å². The van der Waals surface area contributed by atoms with E-state index in [1.165, 1.54) is 12.8 Å². The molecule has 0 aromatic rings. The zero-order chi connectivity index (χ0) is 8.32. The van der Waals surface area contributed by atoms with Gasteiger partial charge < -0.3 is 5.32 Å². The van der Waals surface area contributed by atoms with Crippen LogP contribution in [0.3, 0.4) is 0 Å². The fourth-order valence-electron chi connectivity index (χ4n) is 1.52. The quantitative estimate of drug-likeness (QED) is 0.605. The predicted molar refractivity (Wildman–Crippen MR) is 45.3 cm³/mol. The van der Waals surface area contributed by atoms with Crippen molar-refractivity contribution >= 4 is 0 Å². The summed E-state index contributed by atoms with van der Waals surface area (Å²) in [5.41, 5.74) is 0.523. The van der Waals surface area contributed by atoms with Crippen LogP contribution in [0.1, 0.15) is 26.7 Å². The van der Waals surface area contributed by atoms with Crippen molar-refractivity contribution in [1.82, 2.24) is 5.32 Å². The summed E-state index contributed by atoms with van der Waals surface area (Å²) in [4.78, 5) is 0. The van der Waals surface area contributed by atoms with Crippen molar-refractivity contribution in [2.75, 3.05) is 19.8 Å². The lowest BCUT2D eigenvalue weighted by atomic mass is 9.92. The third-order valence-electron chi connectivity index (χ3n) is 2.87. The van der Waals surface area contributed by atoms with Gasteiger partial charge in [-0.1, -0.05) is 13.8 Å². The summed E-state index contributed by atoms with van der Waals surface area (Å²) >= 11 is 0. The summed E-state index contributed by atoms with van der Waals surface area (Å²) in [6, 6.07) is 0. The van der Waals surface area contributed by atoms with Gasteiger partial charge >= 0.3 is 0 Å². The van der Waals surface area contributed by atoms with Gasteiger partial charge in [-0.2, -0.15) is 0 Å². The summed E-state index contributed by atoms with van der Waals surface area (Å²) in [6.07, 6.45) is 2.65. The first-order valence-corrected chi connectivity index (χ1v) is 4.48. The number of hydrogen-bond acceptors (Lipinski definition) is 1. The summed E-state index contributed by atoms with van der Waals surface area (Å²) in [5.74, 6) is 0.745. The van der Waals surface area contributed by atoms with E-state index >= 15 is 0 Å². The van der Waals surface area contributed by atoms with Crippen molar-refractivity contribution in [3.05, 3.63) is 0 Å². The molecule has 0 aliphatic heterocycles. The molecular formula is C9H18FN. The molecule has 1 nitrogen and oxygen atoms in total. The van der Waals surface area contributed by atoms with Gasteiger partial charge in [0, 0.05) is 13.1 Å². The summed E-state index contributed by atoms with van der Waals surface area (Å²) < 4.78 is 11.7. The number of rotatable bonds is 5. The van der Waals surface area contributed by atoms with Crippen LogP contribution in [-0.4, -0.2) is 19.8 Å². The van der Waals surface area contributed by atoms with Gasteiger partial charge in [0.1, 0.15) is 6.67 Å². The molecule has 1 aliphatic rings. The van der Waals surface area contributed by atoms with E-state index in [1.54, 1.807) is 0 Å². The molecule has 11 heavy (non-hydrogen) atoms. The average Bonchev–Trinajstić information content (AvgIpc) is 2.70. The Morgan fingerprint density at radius 3 is 2.45 bits per heavy atom. The Morgan fingerprint density at radius 2 is 2.09 bits per heavy atom. The molecule has 1 rings (SSSR count). The second-order valence-corrected chi connectivity index (χ2v) is 3.88. The van der Waals surface area contributed by atoms with Crippen LogP contribution in [0.15, 0.2) is 0 Å². The maximum atomic E-state index is 11.7. The standard InChI is InChI=1S/C9H18FN/c1-8(2)9(3-4-9)7-11-6-5-10/h8,11H,3-7H2,1-2H3. The van der Waals surface area contributed by atoms with E-state index < -0.39 is 0 Å². The van der Waals surface area contributed by atoms with Gasteiger partial charge in [-0.25, -0.2) is 4.39 Å². The highest BCUT2D eigenvalue weighted by atomic mass is 19.1. The van der Waals surface area contributed by atoms with Crippen molar-refractivity contribution in [2.24, 2.45) is 11.3 Å². The fraction of sp³-hybridized carbons (Fsp3) is 1.00. The maximum absolute atomic E-state index is 11.7. The summed E-state index contributed by atoms with van der Waals surface area (Å²) in [6.45, 7) is 5.80. The number of halogens is 1. The molecule has 0 spiro atoms. The Kier molecular flexibility index (Phi) is 2.88. The first-order valence-electron chi connectivity index (χ1n) is 4.48. The minimum absolute atomic E-state index is 0.242. The van der Waals surface area contributed by atoms with E-state index in [9.17, 15) is 4.39 Å². The van der Waals surface area contributed by atoms with Crippen LogP contribution in [0.5, 0.6) is 0 Å². The van der Waals surface area contributed by atoms with Crippen LogP contribution in [-0.2, 0) is 0 Å². The molecule has 0 unspecified atom stereocenters. The Hall–Kier alpha value is -0.110. The third-order valence-corrected chi connectivity index (χ3v) is 2.87. The zero-order valence-electron chi connectivity index (χ0n) is 7.49. The summed E-state index contributed by atoms with van der Waals surface area (Å²) in [5, 5.41) is 3.14. The molecule has 66 valence electrons. The molecule has 0 amide bonds.